The van der Waals surface area contributed by atoms with Crippen LogP contribution in [0, 0.1) is 17.8 Å². The molecule has 0 aliphatic carbocycles. The highest BCUT2D eigenvalue weighted by atomic mass is 16.6. The summed E-state index contributed by atoms with van der Waals surface area (Å²) in [6.45, 7) is 9.37. The van der Waals surface area contributed by atoms with E-state index in [2.05, 4.69) is 28.2 Å². The van der Waals surface area contributed by atoms with E-state index in [1.807, 2.05) is 0 Å². The highest BCUT2D eigenvalue weighted by Gasteiger charge is 2.35. The lowest BCUT2D eigenvalue weighted by molar-refractivity contribution is -0.139. The number of primary amides is 1. The third-order valence-corrected chi connectivity index (χ3v) is 8.89. The number of likely N-dealkylation sites (tertiary alicyclic amines) is 2. The van der Waals surface area contributed by atoms with Crippen LogP contribution in [0.25, 0.3) is 0 Å². The van der Waals surface area contributed by atoms with Gasteiger partial charge >= 0.3 is 12.1 Å². The van der Waals surface area contributed by atoms with Gasteiger partial charge in [-0.3, -0.25) is 28.9 Å². The van der Waals surface area contributed by atoms with Gasteiger partial charge in [0.25, 0.3) is 0 Å². The van der Waals surface area contributed by atoms with Crippen molar-refractivity contribution in [3.63, 3.8) is 0 Å². The summed E-state index contributed by atoms with van der Waals surface area (Å²) in [7, 11) is 0. The normalized spacial score (nSPS) is 18.5. The summed E-state index contributed by atoms with van der Waals surface area (Å²) in [5.41, 5.74) is 6.37. The van der Waals surface area contributed by atoms with Crippen molar-refractivity contribution in [2.24, 2.45) is 23.5 Å². The van der Waals surface area contributed by atoms with Crippen molar-refractivity contribution in [1.29, 1.82) is 0 Å². The number of benzene rings is 1. The number of nitrogens with zero attached hydrogens (tertiary/aromatic N) is 2. The molecule has 4 atom stereocenters. The summed E-state index contributed by atoms with van der Waals surface area (Å²) in [4.78, 5) is 90.0. The maximum atomic E-state index is 13.4. The first-order valence-corrected chi connectivity index (χ1v) is 17.5. The monoisotopic (exact) mass is 699 g/mol. The van der Waals surface area contributed by atoms with Gasteiger partial charge in [-0.25, -0.2) is 9.59 Å². The maximum Gasteiger partial charge on any atom is 0.410 e. The third kappa shape index (κ3) is 12.6. The Labute approximate surface area is 293 Å². The molecule has 1 aromatic carbocycles. The highest BCUT2D eigenvalue weighted by molar-refractivity contribution is 6.03. The minimum Gasteiger partial charge on any atom is -0.445 e. The Morgan fingerprint density at radius 1 is 0.960 bits per heavy atom. The highest BCUT2D eigenvalue weighted by Crippen LogP contribution is 2.20. The summed E-state index contributed by atoms with van der Waals surface area (Å²) >= 11 is 0. The maximum absolute atomic E-state index is 13.4. The minimum absolute atomic E-state index is 0.0890. The molecule has 1 aromatic rings. The molecule has 2 saturated heterocycles. The third-order valence-electron chi connectivity index (χ3n) is 8.89. The van der Waals surface area contributed by atoms with E-state index in [1.165, 1.54) is 4.90 Å². The lowest BCUT2D eigenvalue weighted by Gasteiger charge is -2.25. The number of urea groups is 1. The van der Waals surface area contributed by atoms with E-state index in [-0.39, 0.29) is 68.1 Å². The Morgan fingerprint density at radius 3 is 2.28 bits per heavy atom. The van der Waals surface area contributed by atoms with Gasteiger partial charge in [-0.1, -0.05) is 46.2 Å². The van der Waals surface area contributed by atoms with Crippen LogP contribution in [0.3, 0.4) is 0 Å². The number of rotatable bonds is 18. The predicted molar refractivity (Wildman–Crippen MR) is 185 cm³/mol. The Kier molecular flexibility index (Phi) is 15.5. The number of nitrogens with two attached hydrogens (primary N) is 1. The van der Waals surface area contributed by atoms with Gasteiger partial charge in [0.2, 0.25) is 29.5 Å². The molecular formula is C35H53N7O8. The SMILES string of the molecule is CC1CC(=O)N(CCCCCC(=O)N[C@H](C(=O)N[C@@H](CCCNC(N)=O)C(=O)Nc2ccc(COC(=O)N3CC[C@H](C)C3)cc2)C(C)C)C1=O. The van der Waals surface area contributed by atoms with Gasteiger partial charge in [0.05, 0.1) is 0 Å². The fraction of sp³-hybridized carbons (Fsp3) is 0.629. The van der Waals surface area contributed by atoms with E-state index < -0.39 is 29.9 Å². The van der Waals surface area contributed by atoms with Crippen molar-refractivity contribution in [3.05, 3.63) is 29.8 Å². The number of imide groups is 1. The molecule has 15 nitrogen and oxygen atoms in total. The van der Waals surface area contributed by atoms with Crippen LogP contribution in [0.2, 0.25) is 0 Å². The largest absolute Gasteiger partial charge is 0.445 e. The average Bonchev–Trinajstić information content (AvgIpc) is 3.61. The van der Waals surface area contributed by atoms with Crippen LogP contribution in [0.4, 0.5) is 15.3 Å². The zero-order chi connectivity index (χ0) is 36.8. The molecule has 0 saturated carbocycles. The van der Waals surface area contributed by atoms with E-state index in [4.69, 9.17) is 10.5 Å². The number of nitrogens with one attached hydrogen (secondary N) is 4. The Bertz CT molecular complexity index is 1370. The number of anilines is 1. The van der Waals surface area contributed by atoms with Crippen LogP contribution in [-0.4, -0.2) is 89.7 Å². The van der Waals surface area contributed by atoms with E-state index in [0.29, 0.717) is 56.9 Å². The molecule has 0 aromatic heterocycles. The first-order valence-electron chi connectivity index (χ1n) is 17.5. The van der Waals surface area contributed by atoms with Crippen molar-refractivity contribution in [1.82, 2.24) is 25.8 Å². The van der Waals surface area contributed by atoms with Gasteiger partial charge in [-0.05, 0) is 61.6 Å². The first-order chi connectivity index (χ1) is 23.7. The zero-order valence-corrected chi connectivity index (χ0v) is 29.6. The second-order valence-corrected chi connectivity index (χ2v) is 13.7. The molecule has 0 spiro atoms. The van der Waals surface area contributed by atoms with Crippen LogP contribution in [0.1, 0.15) is 84.6 Å². The number of ether oxygens (including phenoxy) is 1. The fourth-order valence-corrected chi connectivity index (χ4v) is 5.90. The molecule has 2 aliphatic rings. The summed E-state index contributed by atoms with van der Waals surface area (Å²) in [6.07, 6.45) is 3.24. The summed E-state index contributed by atoms with van der Waals surface area (Å²) in [5, 5.41) is 10.8. The molecule has 15 heteroatoms. The molecule has 0 bridgehead atoms. The number of carbonyl (C=O) groups is 7. The smallest absolute Gasteiger partial charge is 0.410 e. The van der Waals surface area contributed by atoms with E-state index in [1.54, 1.807) is 49.9 Å². The fourth-order valence-electron chi connectivity index (χ4n) is 5.90. The number of amides is 8. The first kappa shape index (κ1) is 39.7. The van der Waals surface area contributed by atoms with E-state index in [9.17, 15) is 33.6 Å². The molecular weight excluding hydrogens is 646 g/mol. The molecule has 50 heavy (non-hydrogen) atoms. The van der Waals surface area contributed by atoms with E-state index in [0.717, 1.165) is 12.0 Å². The Balaban J connectivity index is 1.51. The van der Waals surface area contributed by atoms with Crippen LogP contribution >= 0.6 is 0 Å². The number of hydrogen-bond donors (Lipinski definition) is 5. The number of unbranched alkanes of at least 4 members (excludes halogenated alkanes) is 2. The lowest BCUT2D eigenvalue weighted by Crippen LogP contribution is -2.54. The van der Waals surface area contributed by atoms with Gasteiger partial charge < -0.3 is 36.6 Å². The molecule has 6 N–H and O–H groups in total. The van der Waals surface area contributed by atoms with Crippen LogP contribution in [0.5, 0.6) is 0 Å². The minimum atomic E-state index is -0.988. The lowest BCUT2D eigenvalue weighted by atomic mass is 10.0. The quantitative estimate of drug-likeness (QED) is 0.113. The number of hydrogen-bond acceptors (Lipinski definition) is 8. The molecule has 2 fully saturated rings. The van der Waals surface area contributed by atoms with Gasteiger partial charge in [0.15, 0.2) is 0 Å². The van der Waals surface area contributed by atoms with Crippen molar-refractivity contribution < 1.29 is 38.3 Å². The van der Waals surface area contributed by atoms with Crippen molar-refractivity contribution in [3.8, 4) is 0 Å². The van der Waals surface area contributed by atoms with Crippen LogP contribution < -0.4 is 27.0 Å². The molecule has 1 unspecified atom stereocenters. The zero-order valence-electron chi connectivity index (χ0n) is 29.6. The topological polar surface area (TPSA) is 209 Å². The van der Waals surface area contributed by atoms with Crippen LogP contribution in [-0.2, 0) is 35.3 Å². The molecule has 2 aliphatic heterocycles. The number of carbonyl (C=O) groups excluding carboxylic acids is 7. The Hall–Kier alpha value is -4.69. The van der Waals surface area contributed by atoms with Gasteiger partial charge in [0, 0.05) is 50.6 Å². The molecule has 3 rings (SSSR count). The second-order valence-electron chi connectivity index (χ2n) is 13.7. The summed E-state index contributed by atoms with van der Waals surface area (Å²) < 4.78 is 5.43. The second kappa shape index (κ2) is 19.5. The van der Waals surface area contributed by atoms with Crippen molar-refractivity contribution in [2.45, 2.75) is 97.8 Å². The molecule has 2 heterocycles. The van der Waals surface area contributed by atoms with Crippen molar-refractivity contribution in [2.75, 3.05) is 31.5 Å². The summed E-state index contributed by atoms with van der Waals surface area (Å²) in [6, 6.07) is 4.21. The van der Waals surface area contributed by atoms with Crippen LogP contribution in [0.15, 0.2) is 24.3 Å². The van der Waals surface area contributed by atoms with Crippen molar-refractivity contribution >= 4 is 47.3 Å². The molecule has 276 valence electrons. The summed E-state index contributed by atoms with van der Waals surface area (Å²) in [5.74, 6) is -1.79. The predicted octanol–water partition coefficient (Wildman–Crippen LogP) is 2.63. The average molecular weight is 700 g/mol. The van der Waals surface area contributed by atoms with Gasteiger partial charge in [-0.15, -0.1) is 0 Å². The van der Waals surface area contributed by atoms with E-state index >= 15 is 0 Å². The standard InChI is InChI=1S/C35H53N7O8/c1-22(2)30(40-28(43)10-6-5-7-17-42-29(44)19-24(4)33(42)47)32(46)39-27(9-8-16-37-34(36)48)31(45)38-26-13-11-25(12-14-26)21-50-35(49)41-18-15-23(3)20-41/h11-14,22-24,27,30H,5-10,15-21H2,1-4H3,(H,38,45)(H,39,46)(H,40,43)(H3,36,37,48)/t23-,24?,27-,30-/m0/s1. The molecule has 8 amide bonds. The molecule has 0 radical (unpaired) electrons. The van der Waals surface area contributed by atoms with Gasteiger partial charge in [0.1, 0.15) is 18.7 Å². The Morgan fingerprint density at radius 2 is 1.68 bits per heavy atom. The van der Waals surface area contributed by atoms with Gasteiger partial charge in [-0.2, -0.15) is 0 Å².